The molecule has 0 N–H and O–H groups in total. The minimum atomic E-state index is -4.92. The lowest BCUT2D eigenvalue weighted by Crippen LogP contribution is -2.07. The van der Waals surface area contributed by atoms with Crippen molar-refractivity contribution in [3.05, 3.63) is 29.8 Å². The number of halogens is 3. The highest BCUT2D eigenvalue weighted by Crippen LogP contribution is 2.28. The summed E-state index contributed by atoms with van der Waals surface area (Å²) in [5.74, 6) is -3.18. The summed E-state index contributed by atoms with van der Waals surface area (Å²) in [6.45, 7) is 0.608. The van der Waals surface area contributed by atoms with Crippen molar-refractivity contribution in [3.8, 4) is 0 Å². The van der Waals surface area contributed by atoms with E-state index in [-0.39, 0.29) is 0 Å². The van der Waals surface area contributed by atoms with Gasteiger partial charge in [0.15, 0.2) is 0 Å². The van der Waals surface area contributed by atoms with Gasteiger partial charge in [-0.05, 0) is 12.1 Å². The predicted molar refractivity (Wildman–Crippen MR) is 44.3 cm³/mol. The minimum absolute atomic E-state index is 0.531. The van der Waals surface area contributed by atoms with Crippen LogP contribution in [0.3, 0.4) is 0 Å². The van der Waals surface area contributed by atoms with Gasteiger partial charge in [0, 0.05) is 12.5 Å². The molecule has 6 heteroatoms. The van der Waals surface area contributed by atoms with Crippen molar-refractivity contribution in [2.24, 2.45) is 0 Å². The topological polar surface area (TPSA) is 34.1 Å². The molecule has 0 aromatic heterocycles. The Morgan fingerprint density at radius 1 is 1.29 bits per heavy atom. The molecule has 78 valence electrons. The predicted octanol–water partition coefficient (Wildman–Crippen LogP) is 2.46. The monoisotopic (exact) mass is 224 g/mol. The van der Waals surface area contributed by atoms with Gasteiger partial charge in [0.25, 0.3) is 5.92 Å². The molecule has 0 aliphatic heterocycles. The van der Waals surface area contributed by atoms with Crippen molar-refractivity contribution in [2.75, 3.05) is 0 Å². The van der Waals surface area contributed by atoms with Gasteiger partial charge in [0.1, 0.15) is 0 Å². The Morgan fingerprint density at radius 3 is 2.29 bits per heavy atom. The zero-order chi connectivity index (χ0) is 11.0. The molecule has 14 heavy (non-hydrogen) atoms. The maximum Gasteiger partial charge on any atom is 0.332 e. The third-order valence-electron chi connectivity index (χ3n) is 1.62. The first-order chi connectivity index (χ1) is 6.21. The van der Waals surface area contributed by atoms with Crippen LogP contribution in [0.5, 0.6) is 0 Å². The molecule has 0 heterocycles. The van der Waals surface area contributed by atoms with Crippen LogP contribution in [0.1, 0.15) is 12.5 Å². The zero-order valence-corrected chi connectivity index (χ0v) is 7.98. The van der Waals surface area contributed by atoms with Crippen molar-refractivity contribution in [1.29, 1.82) is 0 Å². The second kappa shape index (κ2) is 3.27. The smallest absolute Gasteiger partial charge is 0.202 e. The first kappa shape index (κ1) is 11.0. The van der Waals surface area contributed by atoms with E-state index in [0.29, 0.717) is 13.0 Å². The van der Waals surface area contributed by atoms with Gasteiger partial charge < -0.3 is 0 Å². The largest absolute Gasteiger partial charge is 0.332 e. The molecule has 0 aliphatic rings. The molecule has 0 spiro atoms. The van der Waals surface area contributed by atoms with Crippen LogP contribution in [0.4, 0.5) is 12.7 Å². The lowest BCUT2D eigenvalue weighted by molar-refractivity contribution is 0.0172. The molecule has 1 aromatic carbocycles. The third-order valence-corrected chi connectivity index (χ3v) is 2.44. The minimum Gasteiger partial charge on any atom is -0.202 e. The van der Waals surface area contributed by atoms with E-state index in [1.54, 1.807) is 0 Å². The van der Waals surface area contributed by atoms with Crippen molar-refractivity contribution < 1.29 is 21.1 Å². The van der Waals surface area contributed by atoms with Gasteiger partial charge in [0.2, 0.25) is 0 Å². The summed E-state index contributed by atoms with van der Waals surface area (Å²) >= 11 is 0. The molecule has 0 saturated heterocycles. The van der Waals surface area contributed by atoms with E-state index in [1.165, 1.54) is 0 Å². The van der Waals surface area contributed by atoms with Crippen molar-refractivity contribution in [3.63, 3.8) is 0 Å². The summed E-state index contributed by atoms with van der Waals surface area (Å²) in [7, 11) is -4.92. The van der Waals surface area contributed by atoms with Crippen molar-refractivity contribution >= 4 is 10.2 Å². The van der Waals surface area contributed by atoms with Crippen molar-refractivity contribution in [2.45, 2.75) is 17.7 Å². The van der Waals surface area contributed by atoms with Crippen LogP contribution in [-0.2, 0) is 16.1 Å². The third kappa shape index (κ3) is 2.47. The molecule has 1 aromatic rings. The molecular formula is C8H7F3O2S. The number of benzene rings is 1. The van der Waals surface area contributed by atoms with Gasteiger partial charge in [-0.1, -0.05) is 12.1 Å². The lowest BCUT2D eigenvalue weighted by atomic mass is 10.1. The average molecular weight is 224 g/mol. The summed E-state index contributed by atoms with van der Waals surface area (Å²) < 4.78 is 58.6. The van der Waals surface area contributed by atoms with Gasteiger partial charge >= 0.3 is 10.2 Å². The molecule has 1 rings (SSSR count). The van der Waals surface area contributed by atoms with Crippen LogP contribution in [0.2, 0.25) is 0 Å². The second-order valence-electron chi connectivity index (χ2n) is 2.85. The fraction of sp³-hybridized carbons (Fsp3) is 0.250. The SMILES string of the molecule is CC(F)(F)c1cccc(S(=O)(=O)F)c1. The number of rotatable bonds is 2. The molecule has 0 aliphatic carbocycles. The molecule has 0 amide bonds. The highest BCUT2D eigenvalue weighted by molar-refractivity contribution is 7.86. The van der Waals surface area contributed by atoms with Gasteiger partial charge in [0.05, 0.1) is 4.90 Å². The van der Waals surface area contributed by atoms with E-state index in [1.807, 2.05) is 0 Å². The van der Waals surface area contributed by atoms with Crippen LogP contribution in [-0.4, -0.2) is 8.42 Å². The van der Waals surface area contributed by atoms with Crippen LogP contribution in [0.25, 0.3) is 0 Å². The molecule has 0 radical (unpaired) electrons. The quantitative estimate of drug-likeness (QED) is 0.723. The highest BCUT2D eigenvalue weighted by Gasteiger charge is 2.25. The first-order valence-corrected chi connectivity index (χ1v) is 5.02. The van der Waals surface area contributed by atoms with E-state index < -0.39 is 26.6 Å². The summed E-state index contributed by atoms with van der Waals surface area (Å²) in [5, 5.41) is 0. The maximum atomic E-state index is 12.7. The first-order valence-electron chi connectivity index (χ1n) is 3.64. The second-order valence-corrected chi connectivity index (χ2v) is 4.20. The lowest BCUT2D eigenvalue weighted by Gasteiger charge is -2.10. The molecule has 0 unspecified atom stereocenters. The highest BCUT2D eigenvalue weighted by atomic mass is 32.3. The van der Waals surface area contributed by atoms with E-state index in [4.69, 9.17) is 0 Å². The molecule has 0 fully saturated rings. The zero-order valence-electron chi connectivity index (χ0n) is 7.17. The Hall–Kier alpha value is -1.04. The maximum absolute atomic E-state index is 12.7. The Balaban J connectivity index is 3.29. The summed E-state index contributed by atoms with van der Waals surface area (Å²) in [6, 6.07) is 3.65. The Bertz CT molecular complexity index is 434. The van der Waals surface area contributed by atoms with Crippen LogP contribution in [0.15, 0.2) is 29.2 Å². The number of hydrogen-bond acceptors (Lipinski definition) is 2. The van der Waals surface area contributed by atoms with E-state index in [2.05, 4.69) is 0 Å². The molecule has 0 saturated carbocycles. The van der Waals surface area contributed by atoms with Gasteiger partial charge in [-0.3, -0.25) is 0 Å². The van der Waals surface area contributed by atoms with Crippen LogP contribution in [0, 0.1) is 0 Å². The van der Waals surface area contributed by atoms with Crippen LogP contribution < -0.4 is 0 Å². The summed E-state index contributed by atoms with van der Waals surface area (Å²) in [4.78, 5) is -0.753. The van der Waals surface area contributed by atoms with E-state index in [9.17, 15) is 21.1 Å². The normalized spacial score (nSPS) is 12.9. The fourth-order valence-electron chi connectivity index (χ4n) is 0.921. The van der Waals surface area contributed by atoms with Gasteiger partial charge in [-0.15, -0.1) is 3.89 Å². The average Bonchev–Trinajstić information content (AvgIpc) is 2.01. The van der Waals surface area contributed by atoms with Crippen LogP contribution >= 0.6 is 0 Å². The summed E-state index contributed by atoms with van der Waals surface area (Å²) in [5.41, 5.74) is -0.531. The molecule has 2 nitrogen and oxygen atoms in total. The Labute approximate surface area is 79.6 Å². The number of hydrogen-bond donors (Lipinski definition) is 0. The Kier molecular flexibility index (Phi) is 2.58. The van der Waals surface area contributed by atoms with Gasteiger partial charge in [-0.2, -0.15) is 8.42 Å². The summed E-state index contributed by atoms with van der Waals surface area (Å²) in [6.07, 6.45) is 0. The van der Waals surface area contributed by atoms with E-state index >= 15 is 0 Å². The fourth-order valence-corrected chi connectivity index (χ4v) is 1.43. The van der Waals surface area contributed by atoms with E-state index in [0.717, 1.165) is 18.2 Å². The molecule has 0 bridgehead atoms. The number of alkyl halides is 2. The standard InChI is InChI=1S/C8H7F3O2S/c1-8(9,10)6-3-2-4-7(5-6)14(11,12)13/h2-5H,1H3. The molecule has 0 atom stereocenters. The van der Waals surface area contributed by atoms with Crippen molar-refractivity contribution in [1.82, 2.24) is 0 Å². The van der Waals surface area contributed by atoms with Gasteiger partial charge in [-0.25, -0.2) is 8.78 Å². The molecular weight excluding hydrogens is 217 g/mol. The Morgan fingerprint density at radius 2 is 1.86 bits per heavy atom.